The average molecular weight is 390 g/mol. The molecule has 0 aliphatic rings. The standard InChI is InChI=1S/C25H32N4/c1-16-10-12-19-22(20(16)24(3,4)5)27-15-29(19)13-25(6,7)21-17(2)9-11-18-23(21)28(8)14-26-18/h9-12,14-15H,13H2,1-8H3/p+1. The summed E-state index contributed by atoms with van der Waals surface area (Å²) in [7, 11) is 2.09. The van der Waals surface area contributed by atoms with Gasteiger partial charge < -0.3 is 4.57 Å². The quantitative estimate of drug-likeness (QED) is 0.478. The molecule has 0 bridgehead atoms. The zero-order chi connectivity index (χ0) is 21.1. The number of aromatic nitrogens is 4. The molecule has 0 aliphatic heterocycles. The van der Waals surface area contributed by atoms with E-state index in [1.165, 1.54) is 38.8 Å². The Morgan fingerprint density at radius 3 is 2.31 bits per heavy atom. The van der Waals surface area contributed by atoms with Crippen LogP contribution in [0.15, 0.2) is 36.9 Å². The number of aromatic amines is 1. The molecule has 2 aromatic carbocycles. The summed E-state index contributed by atoms with van der Waals surface area (Å²) in [5.41, 5.74) is 10.3. The summed E-state index contributed by atoms with van der Waals surface area (Å²) in [4.78, 5) is 8.16. The molecule has 2 aromatic heterocycles. The second kappa shape index (κ2) is 6.45. The number of rotatable bonds is 3. The Morgan fingerprint density at radius 1 is 0.966 bits per heavy atom. The number of hydrogen-bond donors (Lipinski definition) is 1. The van der Waals surface area contributed by atoms with Gasteiger partial charge in [0.05, 0.1) is 23.9 Å². The molecule has 0 atom stereocenters. The monoisotopic (exact) mass is 389 g/mol. The fourth-order valence-corrected chi connectivity index (χ4v) is 5.10. The Labute approximate surface area is 173 Å². The first kappa shape index (κ1) is 19.7. The number of H-pyrrole nitrogens is 1. The van der Waals surface area contributed by atoms with Crippen LogP contribution in [0.4, 0.5) is 0 Å². The zero-order valence-electron chi connectivity index (χ0n) is 19.0. The third-order valence-electron chi connectivity index (χ3n) is 6.15. The van der Waals surface area contributed by atoms with Gasteiger partial charge in [0.25, 0.3) is 0 Å². The van der Waals surface area contributed by atoms with Crippen LogP contribution >= 0.6 is 0 Å². The van der Waals surface area contributed by atoms with Crippen molar-refractivity contribution in [1.82, 2.24) is 14.5 Å². The van der Waals surface area contributed by atoms with Crippen LogP contribution in [-0.2, 0) is 24.4 Å². The molecule has 0 spiro atoms. The highest BCUT2D eigenvalue weighted by Crippen LogP contribution is 2.34. The van der Waals surface area contributed by atoms with Gasteiger partial charge in [-0.25, -0.2) is 14.5 Å². The molecule has 152 valence electrons. The lowest BCUT2D eigenvalue weighted by molar-refractivity contribution is -0.679. The van der Waals surface area contributed by atoms with E-state index in [1.54, 1.807) is 0 Å². The molecule has 4 nitrogen and oxygen atoms in total. The van der Waals surface area contributed by atoms with E-state index in [-0.39, 0.29) is 10.8 Å². The van der Waals surface area contributed by atoms with E-state index in [0.717, 1.165) is 12.1 Å². The van der Waals surface area contributed by atoms with Gasteiger partial charge in [-0.05, 0) is 48.1 Å². The molecule has 0 aliphatic carbocycles. The van der Waals surface area contributed by atoms with E-state index in [0.29, 0.717) is 0 Å². The minimum Gasteiger partial charge on any atom is -0.333 e. The number of nitrogens with one attached hydrogen (secondary N) is 1. The maximum Gasteiger partial charge on any atom is 0.242 e. The number of hydrogen-bond acceptors (Lipinski definition) is 1. The van der Waals surface area contributed by atoms with Crippen LogP contribution < -0.4 is 4.57 Å². The van der Waals surface area contributed by atoms with E-state index in [1.807, 2.05) is 6.33 Å². The van der Waals surface area contributed by atoms with Crippen molar-refractivity contribution in [3.8, 4) is 0 Å². The predicted molar refractivity (Wildman–Crippen MR) is 120 cm³/mol. The fraction of sp³-hybridized carbons (Fsp3) is 0.440. The molecule has 0 radical (unpaired) electrons. The minimum atomic E-state index is -0.0516. The average Bonchev–Trinajstić information content (AvgIpc) is 3.17. The lowest BCUT2D eigenvalue weighted by Gasteiger charge is -2.27. The maximum absolute atomic E-state index is 4.58. The smallest absolute Gasteiger partial charge is 0.242 e. The second-order valence-electron chi connectivity index (χ2n) is 10.2. The summed E-state index contributed by atoms with van der Waals surface area (Å²) >= 11 is 0. The van der Waals surface area contributed by atoms with Crippen LogP contribution in [0, 0.1) is 13.8 Å². The van der Waals surface area contributed by atoms with Crippen LogP contribution in [0.3, 0.4) is 0 Å². The van der Waals surface area contributed by atoms with Gasteiger partial charge in [-0.2, -0.15) is 0 Å². The predicted octanol–water partition coefficient (Wildman–Crippen LogP) is 5.23. The Bertz CT molecular complexity index is 1220. The molecule has 0 amide bonds. The van der Waals surface area contributed by atoms with E-state index >= 15 is 0 Å². The lowest BCUT2D eigenvalue weighted by Crippen LogP contribution is -2.43. The number of benzene rings is 2. The fourth-order valence-electron chi connectivity index (χ4n) is 5.10. The third kappa shape index (κ3) is 3.15. The van der Waals surface area contributed by atoms with Crippen LogP contribution in [0.1, 0.15) is 56.9 Å². The molecule has 4 heteroatoms. The van der Waals surface area contributed by atoms with Crippen molar-refractivity contribution in [2.24, 2.45) is 7.05 Å². The summed E-state index contributed by atoms with van der Waals surface area (Å²) in [6, 6.07) is 8.84. The molecule has 0 unspecified atom stereocenters. The van der Waals surface area contributed by atoms with Gasteiger partial charge in [0, 0.05) is 18.0 Å². The van der Waals surface area contributed by atoms with Crippen molar-refractivity contribution >= 4 is 22.1 Å². The molecule has 29 heavy (non-hydrogen) atoms. The highest BCUT2D eigenvalue weighted by Gasteiger charge is 2.31. The summed E-state index contributed by atoms with van der Waals surface area (Å²) in [5, 5.41) is 0. The Hall–Kier alpha value is -2.62. The Kier molecular flexibility index (Phi) is 4.38. The summed E-state index contributed by atoms with van der Waals surface area (Å²) < 4.78 is 4.53. The Morgan fingerprint density at radius 2 is 1.62 bits per heavy atom. The van der Waals surface area contributed by atoms with Crippen molar-refractivity contribution in [2.45, 2.75) is 65.8 Å². The Balaban J connectivity index is 1.86. The maximum atomic E-state index is 4.58. The first-order valence-corrected chi connectivity index (χ1v) is 10.4. The minimum absolute atomic E-state index is 0.0516. The molecule has 4 rings (SSSR count). The van der Waals surface area contributed by atoms with Gasteiger partial charge in [0.1, 0.15) is 0 Å². The normalized spacial score (nSPS) is 13.0. The van der Waals surface area contributed by atoms with Crippen molar-refractivity contribution in [3.05, 3.63) is 59.2 Å². The summed E-state index contributed by atoms with van der Waals surface area (Å²) in [6.07, 6.45) is 4.06. The second-order valence-corrected chi connectivity index (χ2v) is 10.2. The first-order chi connectivity index (χ1) is 13.5. The van der Waals surface area contributed by atoms with Crippen LogP contribution in [0.2, 0.25) is 0 Å². The highest BCUT2D eigenvalue weighted by atomic mass is 15.1. The number of nitrogens with zero attached hydrogens (tertiary/aromatic N) is 3. The largest absolute Gasteiger partial charge is 0.333 e. The van der Waals surface area contributed by atoms with E-state index in [9.17, 15) is 0 Å². The van der Waals surface area contributed by atoms with Gasteiger partial charge >= 0.3 is 0 Å². The highest BCUT2D eigenvalue weighted by molar-refractivity contribution is 5.82. The van der Waals surface area contributed by atoms with E-state index < -0.39 is 0 Å². The first-order valence-electron chi connectivity index (χ1n) is 10.4. The van der Waals surface area contributed by atoms with Crippen molar-refractivity contribution in [2.75, 3.05) is 0 Å². The van der Waals surface area contributed by atoms with Gasteiger partial charge in [0.15, 0.2) is 11.0 Å². The van der Waals surface area contributed by atoms with Crippen LogP contribution in [-0.4, -0.2) is 14.5 Å². The van der Waals surface area contributed by atoms with E-state index in [4.69, 9.17) is 0 Å². The molecule has 0 fully saturated rings. The number of aryl methyl sites for hydroxylation is 3. The molecular formula is C25H33N4+. The van der Waals surface area contributed by atoms with Crippen LogP contribution in [0.25, 0.3) is 22.1 Å². The SMILES string of the molecule is Cc1ccc2c([nH]c[n+]2CC(C)(C)c2c(C)ccc3ncn(C)c23)c1C(C)(C)C. The molecule has 2 heterocycles. The molecule has 0 saturated carbocycles. The zero-order valence-corrected chi connectivity index (χ0v) is 19.0. The summed E-state index contributed by atoms with van der Waals surface area (Å²) in [6.45, 7) is 16.9. The van der Waals surface area contributed by atoms with E-state index in [2.05, 4.69) is 105 Å². The van der Waals surface area contributed by atoms with Gasteiger partial charge in [0.2, 0.25) is 6.33 Å². The van der Waals surface area contributed by atoms with Crippen molar-refractivity contribution < 1.29 is 4.57 Å². The molecule has 4 aromatic rings. The van der Waals surface area contributed by atoms with Crippen molar-refractivity contribution in [1.29, 1.82) is 0 Å². The number of fused-ring (bicyclic) bond motifs is 2. The number of imidazole rings is 2. The van der Waals surface area contributed by atoms with Crippen LogP contribution in [0.5, 0.6) is 0 Å². The van der Waals surface area contributed by atoms with Gasteiger partial charge in [-0.3, -0.25) is 0 Å². The molecule has 1 N–H and O–H groups in total. The summed E-state index contributed by atoms with van der Waals surface area (Å²) in [5.74, 6) is 0. The topological polar surface area (TPSA) is 37.5 Å². The molecule has 0 saturated heterocycles. The van der Waals surface area contributed by atoms with Gasteiger partial charge in [-0.15, -0.1) is 0 Å². The molecular weight excluding hydrogens is 356 g/mol. The van der Waals surface area contributed by atoms with Crippen molar-refractivity contribution in [3.63, 3.8) is 0 Å². The third-order valence-corrected chi connectivity index (χ3v) is 6.15. The van der Waals surface area contributed by atoms with Gasteiger partial charge in [-0.1, -0.05) is 46.8 Å². The lowest BCUT2D eigenvalue weighted by atomic mass is 9.80.